The van der Waals surface area contributed by atoms with Crippen molar-refractivity contribution >= 4 is 28.1 Å². The lowest BCUT2D eigenvalue weighted by Crippen LogP contribution is -2.14. The number of aromatic nitrogens is 2. The Morgan fingerprint density at radius 3 is 2.61 bits per heavy atom. The maximum Gasteiger partial charge on any atom is 0.433 e. The largest absolute Gasteiger partial charge is 0.433 e. The third-order valence-electron chi connectivity index (χ3n) is 3.74. The van der Waals surface area contributed by atoms with Crippen molar-refractivity contribution in [2.24, 2.45) is 0 Å². The number of alkyl halides is 3. The molecule has 2 aromatic heterocycles. The molecule has 0 saturated heterocycles. The SMILES string of the molecule is Cc1ccc(-c2csc(NC(=O)c3ccc(C(F)(F)F)nc3)n2)cc1[N+](=O)[O-]. The molecule has 11 heteroatoms. The zero-order valence-corrected chi connectivity index (χ0v) is 15.0. The number of carbonyl (C=O) groups excluding carboxylic acids is 1. The van der Waals surface area contributed by atoms with Crippen molar-refractivity contribution in [3.05, 3.63) is 68.8 Å². The summed E-state index contributed by atoms with van der Waals surface area (Å²) < 4.78 is 37.6. The zero-order chi connectivity index (χ0) is 20.5. The highest BCUT2D eigenvalue weighted by Crippen LogP contribution is 2.30. The van der Waals surface area contributed by atoms with Crippen molar-refractivity contribution in [2.45, 2.75) is 13.1 Å². The summed E-state index contributed by atoms with van der Waals surface area (Å²) in [6, 6.07) is 6.38. The lowest BCUT2D eigenvalue weighted by atomic mass is 10.1. The highest BCUT2D eigenvalue weighted by Gasteiger charge is 2.32. The average molecular weight is 408 g/mol. The minimum absolute atomic E-state index is 0.0492. The number of hydrogen-bond acceptors (Lipinski definition) is 6. The molecule has 2 heterocycles. The van der Waals surface area contributed by atoms with Crippen LogP contribution in [0.1, 0.15) is 21.6 Å². The maximum atomic E-state index is 12.5. The van der Waals surface area contributed by atoms with Crippen molar-refractivity contribution in [1.82, 2.24) is 9.97 Å². The molecule has 0 radical (unpaired) electrons. The molecular formula is C17H11F3N4O3S. The van der Waals surface area contributed by atoms with E-state index in [1.165, 1.54) is 6.07 Å². The Kier molecular flexibility index (Phi) is 5.10. The van der Waals surface area contributed by atoms with E-state index in [2.05, 4.69) is 15.3 Å². The molecule has 144 valence electrons. The standard InChI is InChI=1S/C17H11F3N4O3S/c1-9-2-3-10(6-13(9)24(26)27)12-8-28-16(22-12)23-15(25)11-4-5-14(21-7-11)17(18,19)20/h2-8H,1H3,(H,22,23,25). The van der Waals surface area contributed by atoms with Crippen molar-refractivity contribution in [3.63, 3.8) is 0 Å². The molecule has 0 spiro atoms. The summed E-state index contributed by atoms with van der Waals surface area (Å²) in [4.78, 5) is 30.1. The molecule has 7 nitrogen and oxygen atoms in total. The van der Waals surface area contributed by atoms with Gasteiger partial charge in [0.15, 0.2) is 5.13 Å². The number of pyridine rings is 1. The predicted octanol–water partition coefficient (Wildman–Crippen LogP) is 4.69. The summed E-state index contributed by atoms with van der Waals surface area (Å²) in [5, 5.41) is 15.3. The molecule has 1 N–H and O–H groups in total. The van der Waals surface area contributed by atoms with Crippen LogP contribution < -0.4 is 5.32 Å². The second-order valence-corrected chi connectivity index (χ2v) is 6.54. The molecule has 1 aromatic carbocycles. The van der Waals surface area contributed by atoms with Crippen molar-refractivity contribution in [3.8, 4) is 11.3 Å². The molecule has 0 aliphatic carbocycles. The van der Waals surface area contributed by atoms with Crippen molar-refractivity contribution in [2.75, 3.05) is 5.32 Å². The highest BCUT2D eigenvalue weighted by molar-refractivity contribution is 7.14. The monoisotopic (exact) mass is 408 g/mol. The van der Waals surface area contributed by atoms with Gasteiger partial charge in [-0.15, -0.1) is 11.3 Å². The summed E-state index contributed by atoms with van der Waals surface area (Å²) >= 11 is 1.08. The summed E-state index contributed by atoms with van der Waals surface area (Å²) in [6.45, 7) is 1.62. The van der Waals surface area contributed by atoms with E-state index in [0.717, 1.165) is 23.6 Å². The van der Waals surface area contributed by atoms with Gasteiger partial charge in [-0.3, -0.25) is 25.2 Å². The van der Waals surface area contributed by atoms with Crippen LogP contribution in [0, 0.1) is 17.0 Å². The first-order valence-electron chi connectivity index (χ1n) is 7.70. The molecule has 0 aliphatic rings. The number of rotatable bonds is 4. The van der Waals surface area contributed by atoms with E-state index >= 15 is 0 Å². The number of nitro groups is 1. The molecule has 0 fully saturated rings. The third-order valence-corrected chi connectivity index (χ3v) is 4.50. The Bertz CT molecular complexity index is 1050. The first-order chi connectivity index (χ1) is 13.1. The number of nitrogens with zero attached hydrogens (tertiary/aromatic N) is 3. The smallest absolute Gasteiger partial charge is 0.298 e. The number of carbonyl (C=O) groups is 1. The van der Waals surface area contributed by atoms with E-state index in [9.17, 15) is 28.1 Å². The van der Waals surface area contributed by atoms with Gasteiger partial charge in [0.2, 0.25) is 0 Å². The Hall–Kier alpha value is -3.34. The number of halogens is 3. The van der Waals surface area contributed by atoms with Gasteiger partial charge in [-0.05, 0) is 19.1 Å². The molecule has 0 aliphatic heterocycles. The van der Waals surface area contributed by atoms with E-state index in [0.29, 0.717) is 22.9 Å². The average Bonchev–Trinajstić information content (AvgIpc) is 3.09. The molecule has 0 atom stereocenters. The van der Waals surface area contributed by atoms with Gasteiger partial charge in [-0.25, -0.2) is 4.98 Å². The minimum Gasteiger partial charge on any atom is -0.298 e. The van der Waals surface area contributed by atoms with Gasteiger partial charge in [0.25, 0.3) is 11.6 Å². The van der Waals surface area contributed by atoms with E-state index in [-0.39, 0.29) is 16.4 Å². The lowest BCUT2D eigenvalue weighted by molar-refractivity contribution is -0.385. The summed E-state index contributed by atoms with van der Waals surface area (Å²) in [7, 11) is 0. The molecule has 3 aromatic rings. The number of thiazole rings is 1. The van der Waals surface area contributed by atoms with Crippen LogP contribution in [-0.4, -0.2) is 20.8 Å². The van der Waals surface area contributed by atoms with Gasteiger partial charge >= 0.3 is 6.18 Å². The quantitative estimate of drug-likeness (QED) is 0.499. The molecule has 28 heavy (non-hydrogen) atoms. The number of nitro benzene ring substituents is 1. The number of aryl methyl sites for hydroxylation is 1. The Morgan fingerprint density at radius 1 is 1.25 bits per heavy atom. The fourth-order valence-electron chi connectivity index (χ4n) is 2.29. The van der Waals surface area contributed by atoms with Crippen LogP contribution in [0.4, 0.5) is 24.0 Å². The van der Waals surface area contributed by atoms with E-state index in [1.807, 2.05) is 0 Å². The highest BCUT2D eigenvalue weighted by atomic mass is 32.1. The third kappa shape index (κ3) is 4.14. The fraction of sp³-hybridized carbons (Fsp3) is 0.118. The number of nitrogens with one attached hydrogen (secondary N) is 1. The zero-order valence-electron chi connectivity index (χ0n) is 14.1. The number of hydrogen-bond donors (Lipinski definition) is 1. The fourth-order valence-corrected chi connectivity index (χ4v) is 3.01. The van der Waals surface area contributed by atoms with Crippen LogP contribution in [0.2, 0.25) is 0 Å². The minimum atomic E-state index is -4.59. The first-order valence-corrected chi connectivity index (χ1v) is 8.58. The normalized spacial score (nSPS) is 11.3. The topological polar surface area (TPSA) is 98.0 Å². The Balaban J connectivity index is 1.77. The second-order valence-electron chi connectivity index (χ2n) is 5.68. The van der Waals surface area contributed by atoms with E-state index < -0.39 is 22.7 Å². The molecule has 0 unspecified atom stereocenters. The van der Waals surface area contributed by atoms with Crippen LogP contribution in [0.5, 0.6) is 0 Å². The van der Waals surface area contributed by atoms with Gasteiger partial charge < -0.3 is 0 Å². The summed E-state index contributed by atoms with van der Waals surface area (Å²) in [5.41, 5.74) is 0.232. The second kappa shape index (κ2) is 7.35. The van der Waals surface area contributed by atoms with Gasteiger partial charge in [-0.1, -0.05) is 12.1 Å². The maximum absolute atomic E-state index is 12.5. The van der Waals surface area contributed by atoms with Gasteiger partial charge in [0, 0.05) is 28.8 Å². The number of amides is 1. The van der Waals surface area contributed by atoms with Gasteiger partial charge in [-0.2, -0.15) is 13.2 Å². The first kappa shape index (κ1) is 19.4. The molecule has 1 amide bonds. The Morgan fingerprint density at radius 2 is 2.00 bits per heavy atom. The predicted molar refractivity (Wildman–Crippen MR) is 96.1 cm³/mol. The van der Waals surface area contributed by atoms with Gasteiger partial charge in [0.05, 0.1) is 16.2 Å². The van der Waals surface area contributed by atoms with Crippen molar-refractivity contribution < 1.29 is 22.9 Å². The molecular weight excluding hydrogens is 397 g/mol. The van der Waals surface area contributed by atoms with Gasteiger partial charge in [0.1, 0.15) is 5.69 Å². The van der Waals surface area contributed by atoms with Crippen LogP contribution >= 0.6 is 11.3 Å². The van der Waals surface area contributed by atoms with Crippen LogP contribution in [-0.2, 0) is 6.18 Å². The molecule has 0 bridgehead atoms. The van der Waals surface area contributed by atoms with Crippen molar-refractivity contribution in [1.29, 1.82) is 0 Å². The summed E-state index contributed by atoms with van der Waals surface area (Å²) in [6.07, 6.45) is -3.76. The van der Waals surface area contributed by atoms with Crippen LogP contribution in [0.15, 0.2) is 41.9 Å². The van der Waals surface area contributed by atoms with Crippen LogP contribution in [0.3, 0.4) is 0 Å². The lowest BCUT2D eigenvalue weighted by Gasteiger charge is -2.06. The van der Waals surface area contributed by atoms with E-state index in [4.69, 9.17) is 0 Å². The number of benzene rings is 1. The number of anilines is 1. The van der Waals surface area contributed by atoms with E-state index in [1.54, 1.807) is 24.4 Å². The molecule has 3 rings (SSSR count). The molecule has 0 saturated carbocycles. The Labute approximate surface area is 160 Å². The summed E-state index contributed by atoms with van der Waals surface area (Å²) in [5.74, 6) is -0.669. The van der Waals surface area contributed by atoms with Crippen LogP contribution in [0.25, 0.3) is 11.3 Å².